The first kappa shape index (κ1) is 14.4. The van der Waals surface area contributed by atoms with Crippen LogP contribution in [0, 0.1) is 22.7 Å². The van der Waals surface area contributed by atoms with Crippen LogP contribution in [0.5, 0.6) is 0 Å². The highest BCUT2D eigenvalue weighted by Crippen LogP contribution is 2.65. The van der Waals surface area contributed by atoms with Crippen LogP contribution in [0.2, 0.25) is 0 Å². The van der Waals surface area contributed by atoms with Crippen LogP contribution in [0.1, 0.15) is 73.6 Å². The predicted octanol–water partition coefficient (Wildman–Crippen LogP) is 4.62. The van der Waals surface area contributed by atoms with Crippen molar-refractivity contribution >= 4 is 0 Å². The second-order valence-electron chi connectivity index (χ2n) is 7.69. The highest BCUT2D eigenvalue weighted by atomic mass is 15.0. The van der Waals surface area contributed by atoms with Crippen molar-refractivity contribution in [3.05, 3.63) is 0 Å². The van der Waals surface area contributed by atoms with Gasteiger partial charge in [0.2, 0.25) is 0 Å². The molecule has 1 nitrogen and oxygen atoms in total. The fourth-order valence-corrected chi connectivity index (χ4v) is 4.90. The molecule has 18 heavy (non-hydrogen) atoms. The molecule has 2 aliphatic rings. The zero-order chi connectivity index (χ0) is 13.6. The Bertz CT molecular complexity index is 292. The van der Waals surface area contributed by atoms with E-state index in [1.165, 1.54) is 32.1 Å². The van der Waals surface area contributed by atoms with Crippen molar-refractivity contribution in [2.45, 2.75) is 85.7 Å². The van der Waals surface area contributed by atoms with Gasteiger partial charge in [0.1, 0.15) is 0 Å². The van der Waals surface area contributed by atoms with Crippen molar-refractivity contribution in [1.82, 2.24) is 5.32 Å². The number of nitrogens with one attached hydrogen (secondary N) is 1. The van der Waals surface area contributed by atoms with Gasteiger partial charge in [-0.3, -0.25) is 0 Å². The number of fused-ring (bicyclic) bond motifs is 2. The quantitative estimate of drug-likeness (QED) is 0.752. The molecule has 0 amide bonds. The van der Waals surface area contributed by atoms with Gasteiger partial charge in [0.05, 0.1) is 0 Å². The van der Waals surface area contributed by atoms with E-state index >= 15 is 0 Å². The van der Waals surface area contributed by atoms with Crippen LogP contribution in [0.25, 0.3) is 0 Å². The maximum absolute atomic E-state index is 4.01. The summed E-state index contributed by atoms with van der Waals surface area (Å²) in [5.41, 5.74) is 1.07. The van der Waals surface area contributed by atoms with Gasteiger partial charge in [-0.15, -0.1) is 0 Å². The largest absolute Gasteiger partial charge is 0.311 e. The lowest BCUT2D eigenvalue weighted by molar-refractivity contribution is 0.110. The van der Waals surface area contributed by atoms with E-state index in [1.54, 1.807) is 0 Å². The normalized spacial score (nSPS) is 39.5. The van der Waals surface area contributed by atoms with Crippen molar-refractivity contribution in [2.75, 3.05) is 0 Å². The zero-order valence-corrected chi connectivity index (χ0v) is 13.3. The lowest BCUT2D eigenvalue weighted by atomic mass is 9.69. The van der Waals surface area contributed by atoms with Crippen LogP contribution >= 0.6 is 0 Å². The Labute approximate surface area is 114 Å². The molecule has 106 valence electrons. The molecule has 2 rings (SSSR count). The molecule has 2 saturated carbocycles. The predicted molar refractivity (Wildman–Crippen MR) is 79.7 cm³/mol. The van der Waals surface area contributed by atoms with Gasteiger partial charge in [-0.2, -0.15) is 0 Å². The van der Waals surface area contributed by atoms with Gasteiger partial charge in [0.25, 0.3) is 0 Å². The minimum atomic E-state index is 0.526. The molecule has 0 radical (unpaired) electrons. The molecule has 1 heteroatoms. The number of hydrogen-bond donors (Lipinski definition) is 1. The number of rotatable bonds is 5. The molecule has 4 atom stereocenters. The molecule has 0 spiro atoms. The molecule has 0 saturated heterocycles. The first-order valence-electron chi connectivity index (χ1n) is 8.12. The molecule has 0 aromatic heterocycles. The van der Waals surface area contributed by atoms with Crippen LogP contribution in [0.4, 0.5) is 0 Å². The summed E-state index contributed by atoms with van der Waals surface area (Å²) in [4.78, 5) is 0. The van der Waals surface area contributed by atoms with E-state index in [-0.39, 0.29) is 0 Å². The maximum atomic E-state index is 4.01. The standard InChI is InChI=1S/C17H33N/c1-7-13(8-2)12(3)18-15-11-14-9-10-17(15,6)16(14,4)5/h12-15,18H,7-11H2,1-6H3. The average molecular weight is 251 g/mol. The summed E-state index contributed by atoms with van der Waals surface area (Å²) >= 11 is 0. The zero-order valence-electron chi connectivity index (χ0n) is 13.3. The van der Waals surface area contributed by atoms with E-state index in [0.29, 0.717) is 16.9 Å². The van der Waals surface area contributed by atoms with Crippen LogP contribution in [-0.2, 0) is 0 Å². The molecular weight excluding hydrogens is 218 g/mol. The van der Waals surface area contributed by atoms with Gasteiger partial charge in [-0.1, -0.05) is 47.5 Å². The monoisotopic (exact) mass is 251 g/mol. The van der Waals surface area contributed by atoms with E-state index < -0.39 is 0 Å². The third kappa shape index (κ3) is 1.94. The Morgan fingerprint density at radius 2 is 1.78 bits per heavy atom. The van der Waals surface area contributed by atoms with Crippen molar-refractivity contribution in [2.24, 2.45) is 22.7 Å². The SMILES string of the molecule is CCC(CC)C(C)NC1CC2CCC1(C)C2(C)C. The van der Waals surface area contributed by atoms with Crippen molar-refractivity contribution < 1.29 is 0 Å². The van der Waals surface area contributed by atoms with E-state index in [2.05, 4.69) is 46.9 Å². The first-order valence-corrected chi connectivity index (χ1v) is 8.12. The molecule has 1 N–H and O–H groups in total. The van der Waals surface area contributed by atoms with Gasteiger partial charge in [-0.25, -0.2) is 0 Å². The fraction of sp³-hybridized carbons (Fsp3) is 1.00. The summed E-state index contributed by atoms with van der Waals surface area (Å²) in [5, 5.41) is 4.01. The van der Waals surface area contributed by atoms with Crippen LogP contribution < -0.4 is 5.32 Å². The molecule has 0 aromatic rings. The third-order valence-electron chi connectivity index (χ3n) is 7.01. The lowest BCUT2D eigenvalue weighted by Gasteiger charge is -2.41. The Kier molecular flexibility index (Phi) is 3.84. The van der Waals surface area contributed by atoms with Crippen LogP contribution in [0.15, 0.2) is 0 Å². The minimum absolute atomic E-state index is 0.526. The third-order valence-corrected chi connectivity index (χ3v) is 7.01. The Morgan fingerprint density at radius 1 is 1.17 bits per heavy atom. The second-order valence-corrected chi connectivity index (χ2v) is 7.69. The summed E-state index contributed by atoms with van der Waals surface area (Å²) in [6.45, 7) is 14.6. The van der Waals surface area contributed by atoms with E-state index in [4.69, 9.17) is 0 Å². The molecule has 0 aliphatic heterocycles. The highest BCUT2D eigenvalue weighted by Gasteiger charge is 2.61. The lowest BCUT2D eigenvalue weighted by Crippen LogP contribution is -2.49. The van der Waals surface area contributed by atoms with Crippen molar-refractivity contribution in [3.8, 4) is 0 Å². The average Bonchev–Trinajstić information content (AvgIpc) is 2.63. The topological polar surface area (TPSA) is 12.0 Å². The summed E-state index contributed by atoms with van der Waals surface area (Å²) in [6.07, 6.45) is 6.91. The molecule has 4 unspecified atom stereocenters. The summed E-state index contributed by atoms with van der Waals surface area (Å²) in [5.74, 6) is 1.80. The molecule has 2 bridgehead atoms. The first-order chi connectivity index (χ1) is 8.36. The molecular formula is C17H33N. The Hall–Kier alpha value is -0.0400. The van der Waals surface area contributed by atoms with Gasteiger partial charge in [0.15, 0.2) is 0 Å². The fourth-order valence-electron chi connectivity index (χ4n) is 4.90. The van der Waals surface area contributed by atoms with Crippen LogP contribution in [0.3, 0.4) is 0 Å². The molecule has 2 fully saturated rings. The van der Waals surface area contributed by atoms with Gasteiger partial charge in [-0.05, 0) is 48.9 Å². The summed E-state index contributed by atoms with van der Waals surface area (Å²) in [6, 6.07) is 1.43. The van der Waals surface area contributed by atoms with Gasteiger partial charge < -0.3 is 5.32 Å². The summed E-state index contributed by atoms with van der Waals surface area (Å²) in [7, 11) is 0. The smallest absolute Gasteiger partial charge is 0.0131 e. The molecule has 0 heterocycles. The highest BCUT2D eigenvalue weighted by molar-refractivity contribution is 5.13. The van der Waals surface area contributed by atoms with E-state index in [0.717, 1.165) is 17.9 Å². The van der Waals surface area contributed by atoms with Crippen LogP contribution in [-0.4, -0.2) is 12.1 Å². The van der Waals surface area contributed by atoms with Crippen molar-refractivity contribution in [1.29, 1.82) is 0 Å². The van der Waals surface area contributed by atoms with Gasteiger partial charge in [0, 0.05) is 12.1 Å². The molecule has 0 aromatic carbocycles. The Morgan fingerprint density at radius 3 is 2.17 bits per heavy atom. The van der Waals surface area contributed by atoms with Crippen molar-refractivity contribution in [3.63, 3.8) is 0 Å². The summed E-state index contributed by atoms with van der Waals surface area (Å²) < 4.78 is 0. The van der Waals surface area contributed by atoms with E-state index in [9.17, 15) is 0 Å². The number of hydrogen-bond acceptors (Lipinski definition) is 1. The van der Waals surface area contributed by atoms with Gasteiger partial charge >= 0.3 is 0 Å². The molecule has 2 aliphatic carbocycles. The van der Waals surface area contributed by atoms with E-state index in [1.807, 2.05) is 0 Å². The Balaban J connectivity index is 2.04. The maximum Gasteiger partial charge on any atom is 0.0131 e. The minimum Gasteiger partial charge on any atom is -0.311 e. The second kappa shape index (κ2) is 4.81.